The van der Waals surface area contributed by atoms with Crippen molar-refractivity contribution >= 4 is 11.9 Å². The first-order chi connectivity index (χ1) is 12.8. The number of aromatic nitrogens is 1. The first-order valence-corrected chi connectivity index (χ1v) is 9.23. The highest BCUT2D eigenvalue weighted by Crippen LogP contribution is 2.41. The van der Waals surface area contributed by atoms with Crippen molar-refractivity contribution in [2.75, 3.05) is 4.90 Å². The number of benzene rings is 2. The van der Waals surface area contributed by atoms with Crippen molar-refractivity contribution in [3.8, 4) is 0 Å². The van der Waals surface area contributed by atoms with E-state index in [1.54, 1.807) is 0 Å². The van der Waals surface area contributed by atoms with Crippen molar-refractivity contribution in [3.05, 3.63) is 94.3 Å². The van der Waals surface area contributed by atoms with Crippen molar-refractivity contribution in [2.24, 2.45) is 4.99 Å². The number of rotatable bonds is 3. The third kappa shape index (κ3) is 2.80. The van der Waals surface area contributed by atoms with E-state index in [2.05, 4.69) is 70.7 Å². The highest BCUT2D eigenvalue weighted by molar-refractivity contribution is 5.62. The Hall–Kier alpha value is -2.94. The fourth-order valence-corrected chi connectivity index (χ4v) is 3.55. The fourth-order valence-electron chi connectivity index (χ4n) is 3.55. The lowest BCUT2D eigenvalue weighted by Crippen LogP contribution is -2.37. The lowest BCUT2D eigenvalue weighted by Gasteiger charge is -2.30. The average Bonchev–Trinajstić information content (AvgIpc) is 3.53. The predicted molar refractivity (Wildman–Crippen MR) is 104 cm³/mol. The van der Waals surface area contributed by atoms with Crippen LogP contribution in [0.25, 0.3) is 6.20 Å². The maximum atomic E-state index is 5.03. The Morgan fingerprint density at radius 1 is 0.885 bits per heavy atom. The Kier molecular flexibility index (Phi) is 3.59. The van der Waals surface area contributed by atoms with Gasteiger partial charge in [0, 0.05) is 34.6 Å². The number of fused-ring (bicyclic) bond motifs is 1. The van der Waals surface area contributed by atoms with Crippen molar-refractivity contribution in [1.29, 1.82) is 0 Å². The van der Waals surface area contributed by atoms with E-state index in [1.165, 1.54) is 24.1 Å². The van der Waals surface area contributed by atoms with Gasteiger partial charge in [-0.25, -0.2) is 0 Å². The van der Waals surface area contributed by atoms with Crippen LogP contribution in [0, 0.1) is 6.92 Å². The maximum absolute atomic E-state index is 5.03. The zero-order chi connectivity index (χ0) is 17.5. The van der Waals surface area contributed by atoms with Crippen LogP contribution < -0.4 is 15.5 Å². The first-order valence-electron chi connectivity index (χ1n) is 9.23. The van der Waals surface area contributed by atoms with Gasteiger partial charge in [0.05, 0.1) is 5.36 Å². The normalized spacial score (nSPS) is 18.7. The number of hydrogen-bond donors (Lipinski definition) is 0. The first kappa shape index (κ1) is 15.3. The summed E-state index contributed by atoms with van der Waals surface area (Å²) in [5.74, 6) is 0.775. The van der Waals surface area contributed by atoms with Gasteiger partial charge in [0.15, 0.2) is 6.17 Å². The van der Waals surface area contributed by atoms with Gasteiger partial charge in [0.1, 0.15) is 0 Å². The maximum Gasteiger partial charge on any atom is 0.153 e. The summed E-state index contributed by atoms with van der Waals surface area (Å²) < 4.78 is 0. The minimum atomic E-state index is -0.0928. The largest absolute Gasteiger partial charge is 0.321 e. The van der Waals surface area contributed by atoms with Crippen molar-refractivity contribution in [3.63, 3.8) is 0 Å². The molecule has 3 aromatic rings. The van der Waals surface area contributed by atoms with Gasteiger partial charge in [0.2, 0.25) is 0 Å². The molecule has 1 atom stereocenters. The molecule has 0 saturated heterocycles. The molecule has 1 aliphatic heterocycles. The highest BCUT2D eigenvalue weighted by Gasteiger charge is 2.25. The molecule has 1 fully saturated rings. The van der Waals surface area contributed by atoms with E-state index in [-0.39, 0.29) is 6.17 Å². The molecule has 2 heterocycles. The third-order valence-electron chi connectivity index (χ3n) is 5.21. The van der Waals surface area contributed by atoms with Crippen LogP contribution in [-0.4, -0.2) is 4.98 Å². The molecule has 0 bridgehead atoms. The summed E-state index contributed by atoms with van der Waals surface area (Å²) in [5.41, 5.74) is 4.75. The van der Waals surface area contributed by atoms with Gasteiger partial charge < -0.3 is 4.90 Å². The molecular weight excluding hydrogens is 318 g/mol. The number of hydrogen-bond acceptors (Lipinski definition) is 3. The summed E-state index contributed by atoms with van der Waals surface area (Å²) in [4.78, 5) is 11.8. The number of pyridine rings is 1. The molecule has 3 heteroatoms. The number of anilines is 1. The molecule has 128 valence electrons. The van der Waals surface area contributed by atoms with Crippen LogP contribution in [0.15, 0.2) is 71.9 Å². The molecule has 2 aromatic carbocycles. The molecule has 5 rings (SSSR count). The minimum absolute atomic E-state index is 0.0928. The molecule has 0 spiro atoms. The molecule has 3 nitrogen and oxygen atoms in total. The Morgan fingerprint density at radius 3 is 2.38 bits per heavy atom. The SMILES string of the molecule is Cc1ccc(C2N=c3ccccc3=CN2c2ccc(C3CC3)cc2)cn1. The van der Waals surface area contributed by atoms with Gasteiger partial charge in [-0.1, -0.05) is 36.4 Å². The van der Waals surface area contributed by atoms with Crippen LogP contribution in [-0.2, 0) is 0 Å². The third-order valence-corrected chi connectivity index (χ3v) is 5.21. The Labute approximate surface area is 153 Å². The topological polar surface area (TPSA) is 28.5 Å². The second-order valence-corrected chi connectivity index (χ2v) is 7.20. The smallest absolute Gasteiger partial charge is 0.153 e. The molecule has 0 radical (unpaired) electrons. The predicted octanol–water partition coefficient (Wildman–Crippen LogP) is 3.84. The quantitative estimate of drug-likeness (QED) is 0.725. The zero-order valence-corrected chi connectivity index (χ0v) is 14.8. The van der Waals surface area contributed by atoms with E-state index in [9.17, 15) is 0 Å². The molecule has 1 aliphatic carbocycles. The zero-order valence-electron chi connectivity index (χ0n) is 14.8. The highest BCUT2D eigenvalue weighted by atomic mass is 15.2. The van der Waals surface area contributed by atoms with Crippen molar-refractivity contribution in [2.45, 2.75) is 31.8 Å². The second kappa shape index (κ2) is 6.10. The summed E-state index contributed by atoms with van der Waals surface area (Å²) in [7, 11) is 0. The molecule has 0 amide bonds. The van der Waals surface area contributed by atoms with Gasteiger partial charge in [-0.05, 0) is 55.5 Å². The second-order valence-electron chi connectivity index (χ2n) is 7.20. The number of para-hydroxylation sites is 1. The van der Waals surface area contributed by atoms with E-state index in [1.807, 2.05) is 19.2 Å². The van der Waals surface area contributed by atoms with Gasteiger partial charge in [0.25, 0.3) is 0 Å². The van der Waals surface area contributed by atoms with E-state index in [0.29, 0.717) is 0 Å². The molecule has 1 aromatic heterocycles. The van der Waals surface area contributed by atoms with Crippen molar-refractivity contribution < 1.29 is 0 Å². The Bertz CT molecular complexity index is 1050. The molecule has 1 saturated carbocycles. The van der Waals surface area contributed by atoms with Crippen LogP contribution in [0.2, 0.25) is 0 Å². The molecule has 2 aliphatic rings. The molecule has 26 heavy (non-hydrogen) atoms. The summed E-state index contributed by atoms with van der Waals surface area (Å²) in [5, 5.41) is 2.18. The molecular formula is C23H21N3. The molecule has 1 unspecified atom stereocenters. The van der Waals surface area contributed by atoms with Crippen LogP contribution >= 0.6 is 0 Å². The van der Waals surface area contributed by atoms with Gasteiger partial charge in [-0.15, -0.1) is 0 Å². The summed E-state index contributed by atoms with van der Waals surface area (Å²) in [6.45, 7) is 2.01. The number of aryl methyl sites for hydroxylation is 1. The van der Waals surface area contributed by atoms with Gasteiger partial charge in [-0.3, -0.25) is 9.98 Å². The van der Waals surface area contributed by atoms with Crippen LogP contribution in [0.3, 0.4) is 0 Å². The van der Waals surface area contributed by atoms with E-state index >= 15 is 0 Å². The van der Waals surface area contributed by atoms with Crippen LogP contribution in [0.1, 0.15) is 41.7 Å². The van der Waals surface area contributed by atoms with Crippen LogP contribution in [0.4, 0.5) is 5.69 Å². The lowest BCUT2D eigenvalue weighted by molar-refractivity contribution is 0.709. The summed E-state index contributed by atoms with van der Waals surface area (Å²) in [6, 6.07) is 21.5. The van der Waals surface area contributed by atoms with Crippen LogP contribution in [0.5, 0.6) is 0 Å². The average molecular weight is 339 g/mol. The van der Waals surface area contributed by atoms with Crippen molar-refractivity contribution in [1.82, 2.24) is 4.98 Å². The van der Waals surface area contributed by atoms with Gasteiger partial charge >= 0.3 is 0 Å². The Morgan fingerprint density at radius 2 is 1.65 bits per heavy atom. The molecule has 0 N–H and O–H groups in total. The summed E-state index contributed by atoms with van der Waals surface area (Å²) in [6.07, 6.45) is 6.71. The van der Waals surface area contributed by atoms with Gasteiger partial charge in [-0.2, -0.15) is 0 Å². The fraction of sp³-hybridized carbons (Fsp3) is 0.217. The monoisotopic (exact) mass is 339 g/mol. The lowest BCUT2D eigenvalue weighted by atomic mass is 10.1. The Balaban J connectivity index is 1.61. The standard InChI is InChI=1S/C23H21N3/c1-16-6-7-19(14-24-16)23-25-22-5-3-2-4-20(22)15-26(23)21-12-10-18(11-13-21)17-8-9-17/h2-7,10-15,17,23H,8-9H2,1H3. The van der Waals surface area contributed by atoms with E-state index in [4.69, 9.17) is 4.99 Å². The number of nitrogens with zero attached hydrogens (tertiary/aromatic N) is 3. The van der Waals surface area contributed by atoms with E-state index in [0.717, 1.165) is 27.8 Å². The summed E-state index contributed by atoms with van der Waals surface area (Å²) >= 11 is 0. The minimum Gasteiger partial charge on any atom is -0.321 e. The van der Waals surface area contributed by atoms with E-state index < -0.39 is 0 Å².